The van der Waals surface area contributed by atoms with E-state index in [1.54, 1.807) is 20.8 Å². The fourth-order valence-corrected chi connectivity index (χ4v) is 2.69. The molecule has 0 aliphatic heterocycles. The minimum absolute atomic E-state index is 0.0920. The number of carboxylic acid groups (broad SMARTS) is 1. The first-order chi connectivity index (χ1) is 12.4. The Morgan fingerprint density at radius 1 is 1.04 bits per heavy atom. The molecule has 7 heteroatoms. The molecule has 0 aromatic carbocycles. The van der Waals surface area contributed by atoms with E-state index in [4.69, 9.17) is 9.47 Å². The highest BCUT2D eigenvalue weighted by molar-refractivity contribution is 5.81. The van der Waals surface area contributed by atoms with Crippen LogP contribution in [0.3, 0.4) is 0 Å². The van der Waals surface area contributed by atoms with E-state index in [0.29, 0.717) is 0 Å². The van der Waals surface area contributed by atoms with E-state index >= 15 is 0 Å². The van der Waals surface area contributed by atoms with Gasteiger partial charge in [-0.05, 0) is 47.0 Å². The maximum atomic E-state index is 12.4. The monoisotopic (exact) mass is 387 g/mol. The Bertz CT molecular complexity index is 485. The van der Waals surface area contributed by atoms with Crippen molar-refractivity contribution in [3.63, 3.8) is 0 Å². The number of aliphatic carboxylic acids is 1. The van der Waals surface area contributed by atoms with Crippen LogP contribution in [0.15, 0.2) is 0 Å². The van der Waals surface area contributed by atoms with Crippen molar-refractivity contribution in [1.82, 2.24) is 5.32 Å². The molecule has 4 atom stereocenters. The first-order valence-corrected chi connectivity index (χ1v) is 9.81. The Labute approximate surface area is 163 Å². The van der Waals surface area contributed by atoms with Crippen LogP contribution < -0.4 is 5.32 Å². The molecule has 0 aromatic rings. The number of carboxylic acids is 1. The van der Waals surface area contributed by atoms with Gasteiger partial charge in [0.25, 0.3) is 0 Å². The molecule has 0 radical (unpaired) electrons. The summed E-state index contributed by atoms with van der Waals surface area (Å²) >= 11 is 0. The van der Waals surface area contributed by atoms with Gasteiger partial charge in [-0.1, -0.05) is 39.5 Å². The van der Waals surface area contributed by atoms with Crippen molar-refractivity contribution in [1.29, 1.82) is 0 Å². The van der Waals surface area contributed by atoms with Gasteiger partial charge in [-0.15, -0.1) is 0 Å². The summed E-state index contributed by atoms with van der Waals surface area (Å²) in [4.78, 5) is 35.6. The van der Waals surface area contributed by atoms with Gasteiger partial charge in [0, 0.05) is 0 Å². The van der Waals surface area contributed by atoms with Gasteiger partial charge in [0.1, 0.15) is 17.7 Å². The summed E-state index contributed by atoms with van der Waals surface area (Å²) < 4.78 is 10.6. The molecule has 0 aliphatic rings. The molecule has 0 fully saturated rings. The number of carbonyl (C=O) groups is 3. The molecule has 2 N–H and O–H groups in total. The summed E-state index contributed by atoms with van der Waals surface area (Å²) in [6, 6.07) is -0.935. The zero-order chi connectivity index (χ0) is 21.2. The molecule has 0 spiro atoms. The van der Waals surface area contributed by atoms with Gasteiger partial charge >= 0.3 is 18.0 Å². The highest BCUT2D eigenvalue weighted by Crippen LogP contribution is 2.23. The average Bonchev–Trinajstić information content (AvgIpc) is 2.53. The maximum Gasteiger partial charge on any atom is 0.408 e. The van der Waals surface area contributed by atoms with Gasteiger partial charge in [-0.3, -0.25) is 4.79 Å². The van der Waals surface area contributed by atoms with Crippen LogP contribution in [0, 0.1) is 11.8 Å². The number of carbonyl (C=O) groups excluding carboxylic acids is 2. The number of hydrogen-bond acceptors (Lipinski definition) is 5. The Morgan fingerprint density at radius 2 is 1.63 bits per heavy atom. The highest BCUT2D eigenvalue weighted by Gasteiger charge is 2.33. The van der Waals surface area contributed by atoms with E-state index in [1.807, 2.05) is 6.92 Å². The van der Waals surface area contributed by atoms with E-state index in [-0.39, 0.29) is 5.92 Å². The number of unbranched alkanes of at least 4 members (excludes halogenated alkanes) is 3. The maximum absolute atomic E-state index is 12.4. The lowest BCUT2D eigenvalue weighted by Crippen LogP contribution is -2.45. The third-order valence-electron chi connectivity index (χ3n) is 4.30. The van der Waals surface area contributed by atoms with Crippen LogP contribution in [0.1, 0.15) is 80.6 Å². The molecule has 0 rings (SSSR count). The zero-order valence-electron chi connectivity index (χ0n) is 17.8. The molecule has 0 heterocycles. The molecule has 1 amide bonds. The fourth-order valence-electron chi connectivity index (χ4n) is 2.69. The van der Waals surface area contributed by atoms with Crippen molar-refractivity contribution in [3.8, 4) is 0 Å². The number of esters is 1. The molecule has 27 heavy (non-hydrogen) atoms. The topological polar surface area (TPSA) is 102 Å². The van der Waals surface area contributed by atoms with Crippen molar-refractivity contribution in [2.24, 2.45) is 11.8 Å². The molecular formula is C20H37NO6. The second kappa shape index (κ2) is 11.8. The van der Waals surface area contributed by atoms with Crippen LogP contribution in [-0.4, -0.2) is 40.9 Å². The minimum Gasteiger partial charge on any atom is -0.481 e. The Kier molecular flexibility index (Phi) is 11.0. The lowest BCUT2D eigenvalue weighted by molar-refractivity contribution is -0.163. The Hall–Kier alpha value is -1.79. The largest absolute Gasteiger partial charge is 0.481 e. The van der Waals surface area contributed by atoms with E-state index < -0.39 is 41.7 Å². The number of amides is 1. The van der Waals surface area contributed by atoms with Gasteiger partial charge in [0.15, 0.2) is 0 Å². The summed E-state index contributed by atoms with van der Waals surface area (Å²) in [5, 5.41) is 11.8. The summed E-state index contributed by atoms with van der Waals surface area (Å²) in [6.45, 7) is 12.2. The van der Waals surface area contributed by atoms with Gasteiger partial charge in [0.2, 0.25) is 0 Å². The molecule has 7 nitrogen and oxygen atoms in total. The van der Waals surface area contributed by atoms with E-state index in [9.17, 15) is 19.5 Å². The summed E-state index contributed by atoms with van der Waals surface area (Å²) in [5.74, 6) is -2.60. The van der Waals surface area contributed by atoms with Crippen molar-refractivity contribution >= 4 is 18.0 Å². The van der Waals surface area contributed by atoms with Gasteiger partial charge in [-0.2, -0.15) is 0 Å². The molecule has 0 saturated heterocycles. The van der Waals surface area contributed by atoms with Crippen molar-refractivity contribution in [2.75, 3.05) is 0 Å². The summed E-state index contributed by atoms with van der Waals surface area (Å²) in [6.07, 6.45) is 3.58. The number of nitrogens with one attached hydrogen (secondary N) is 1. The minimum atomic E-state index is -1.01. The second-order valence-corrected chi connectivity index (χ2v) is 8.22. The fraction of sp³-hybridized carbons (Fsp3) is 0.850. The number of hydrogen-bond donors (Lipinski definition) is 2. The van der Waals surface area contributed by atoms with E-state index in [1.165, 1.54) is 13.8 Å². The molecule has 0 aliphatic carbocycles. The number of ether oxygens (including phenoxy) is 2. The first-order valence-electron chi connectivity index (χ1n) is 9.81. The molecule has 158 valence electrons. The number of rotatable bonds is 11. The predicted octanol–water partition coefficient (Wildman–Crippen LogP) is 4.14. The molecular weight excluding hydrogens is 350 g/mol. The van der Waals surface area contributed by atoms with E-state index in [0.717, 1.165) is 32.1 Å². The van der Waals surface area contributed by atoms with Gasteiger partial charge < -0.3 is 19.9 Å². The van der Waals surface area contributed by atoms with Crippen LogP contribution in [0.5, 0.6) is 0 Å². The normalized spacial score (nSPS) is 16.0. The highest BCUT2D eigenvalue weighted by atomic mass is 16.6. The third-order valence-corrected chi connectivity index (χ3v) is 4.30. The van der Waals surface area contributed by atoms with Crippen LogP contribution >= 0.6 is 0 Å². The quantitative estimate of drug-likeness (QED) is 0.408. The molecule has 0 aromatic heterocycles. The predicted molar refractivity (Wildman–Crippen MR) is 103 cm³/mol. The number of alkyl carbamates (subject to hydrolysis) is 1. The molecule has 0 saturated carbocycles. The van der Waals surface area contributed by atoms with E-state index in [2.05, 4.69) is 12.2 Å². The van der Waals surface area contributed by atoms with Crippen LogP contribution in [-0.2, 0) is 19.1 Å². The van der Waals surface area contributed by atoms with Crippen LogP contribution in [0.2, 0.25) is 0 Å². The zero-order valence-corrected chi connectivity index (χ0v) is 17.8. The SMILES string of the molecule is CCCCCC[C@H](C)[C@@H](OC(=O)[C@H](C)NC(=O)OC(C)(C)C)[C@@H](C)C(=O)O. The average molecular weight is 388 g/mol. The molecule has 0 unspecified atom stereocenters. The Balaban J connectivity index is 4.86. The van der Waals surface area contributed by atoms with Crippen molar-refractivity contribution < 1.29 is 29.0 Å². The smallest absolute Gasteiger partial charge is 0.408 e. The summed E-state index contributed by atoms with van der Waals surface area (Å²) in [7, 11) is 0. The second-order valence-electron chi connectivity index (χ2n) is 8.22. The molecule has 0 bridgehead atoms. The third kappa shape index (κ3) is 10.8. The first kappa shape index (κ1) is 25.2. The lowest BCUT2D eigenvalue weighted by atomic mass is 9.89. The standard InChI is InChI=1S/C20H37NO6/c1-8-9-10-11-12-13(2)16(14(3)17(22)23)26-18(24)15(4)21-19(25)27-20(5,6)7/h13-16H,8-12H2,1-7H3,(H,21,25)(H,22,23)/t13-,14+,15-,16+/m0/s1. The van der Waals surface area contributed by atoms with Crippen LogP contribution in [0.4, 0.5) is 4.79 Å². The lowest BCUT2D eigenvalue weighted by Gasteiger charge is -2.29. The van der Waals surface area contributed by atoms with Crippen LogP contribution in [0.25, 0.3) is 0 Å². The van der Waals surface area contributed by atoms with Gasteiger partial charge in [-0.25, -0.2) is 9.59 Å². The van der Waals surface area contributed by atoms with Crippen molar-refractivity contribution in [2.45, 2.75) is 98.3 Å². The summed E-state index contributed by atoms with van der Waals surface area (Å²) in [5.41, 5.74) is -0.679. The Morgan fingerprint density at radius 3 is 2.11 bits per heavy atom. The van der Waals surface area contributed by atoms with Crippen molar-refractivity contribution in [3.05, 3.63) is 0 Å². The van der Waals surface area contributed by atoms with Gasteiger partial charge in [0.05, 0.1) is 5.92 Å².